The monoisotopic (exact) mass is 279 g/mol. The van der Waals surface area contributed by atoms with E-state index in [4.69, 9.17) is 4.74 Å². The molecular formula is C11H21NO5S. The zero-order chi connectivity index (χ0) is 13.9. The molecule has 0 aromatic carbocycles. The van der Waals surface area contributed by atoms with Crippen LogP contribution in [0.5, 0.6) is 0 Å². The summed E-state index contributed by atoms with van der Waals surface area (Å²) in [5.74, 6) is 0. The van der Waals surface area contributed by atoms with Gasteiger partial charge in [-0.15, -0.1) is 0 Å². The average Bonchev–Trinajstić information content (AvgIpc) is 2.28. The van der Waals surface area contributed by atoms with Crippen LogP contribution in [-0.2, 0) is 19.0 Å². The lowest BCUT2D eigenvalue weighted by molar-refractivity contribution is 0.158. The molecule has 6 nitrogen and oxygen atoms in total. The van der Waals surface area contributed by atoms with Crippen LogP contribution in [0.1, 0.15) is 25.7 Å². The first-order chi connectivity index (χ1) is 8.45. The summed E-state index contributed by atoms with van der Waals surface area (Å²) >= 11 is 0. The number of ether oxygens (including phenoxy) is 1. The summed E-state index contributed by atoms with van der Waals surface area (Å²) in [6.45, 7) is 4.39. The van der Waals surface area contributed by atoms with Gasteiger partial charge < -0.3 is 10.1 Å². The van der Waals surface area contributed by atoms with E-state index in [1.54, 1.807) is 0 Å². The highest BCUT2D eigenvalue weighted by Gasteiger charge is 2.01. The second kappa shape index (κ2) is 9.90. The van der Waals surface area contributed by atoms with Crippen LogP contribution >= 0.6 is 0 Å². The Morgan fingerprint density at radius 2 is 1.94 bits per heavy atom. The van der Waals surface area contributed by atoms with Crippen LogP contribution in [0, 0.1) is 0 Å². The number of carbonyl (C=O) groups is 1. The van der Waals surface area contributed by atoms with Crippen LogP contribution in [0.4, 0.5) is 4.79 Å². The van der Waals surface area contributed by atoms with E-state index in [0.717, 1.165) is 25.5 Å². The van der Waals surface area contributed by atoms with E-state index in [9.17, 15) is 13.2 Å². The van der Waals surface area contributed by atoms with E-state index in [0.29, 0.717) is 13.0 Å². The molecule has 0 saturated carbocycles. The van der Waals surface area contributed by atoms with E-state index >= 15 is 0 Å². The van der Waals surface area contributed by atoms with Gasteiger partial charge in [-0.2, -0.15) is 8.42 Å². The molecule has 18 heavy (non-hydrogen) atoms. The van der Waals surface area contributed by atoms with Crippen LogP contribution in [0.3, 0.4) is 0 Å². The third kappa shape index (κ3) is 13.0. The maximum Gasteiger partial charge on any atom is 0.407 e. The molecule has 0 fully saturated rings. The van der Waals surface area contributed by atoms with E-state index in [1.165, 1.54) is 6.08 Å². The summed E-state index contributed by atoms with van der Waals surface area (Å²) < 4.78 is 30.6. The van der Waals surface area contributed by atoms with Gasteiger partial charge in [0, 0.05) is 6.54 Å². The maximum atomic E-state index is 11.0. The number of hydrogen-bond acceptors (Lipinski definition) is 5. The van der Waals surface area contributed by atoms with Crippen LogP contribution < -0.4 is 5.32 Å². The SMILES string of the molecule is C=CCOC(=O)NCCCCCCOS(C)(=O)=O. The van der Waals surface area contributed by atoms with Crippen molar-refractivity contribution in [3.8, 4) is 0 Å². The van der Waals surface area contributed by atoms with E-state index in [2.05, 4.69) is 16.1 Å². The van der Waals surface area contributed by atoms with Gasteiger partial charge in [-0.25, -0.2) is 4.79 Å². The van der Waals surface area contributed by atoms with Crippen molar-refractivity contribution in [2.24, 2.45) is 0 Å². The zero-order valence-electron chi connectivity index (χ0n) is 10.7. The lowest BCUT2D eigenvalue weighted by Gasteiger charge is -2.05. The summed E-state index contributed by atoms with van der Waals surface area (Å²) in [4.78, 5) is 11.0. The second-order valence-electron chi connectivity index (χ2n) is 3.75. The number of rotatable bonds is 10. The Kier molecular flexibility index (Phi) is 9.31. The maximum absolute atomic E-state index is 11.0. The van der Waals surface area contributed by atoms with Crippen LogP contribution in [0.25, 0.3) is 0 Å². The standard InChI is InChI=1S/C11H21NO5S/c1-3-9-16-11(13)12-8-6-4-5-7-10-17-18(2,14)15/h3H,1,4-10H2,2H3,(H,12,13). The van der Waals surface area contributed by atoms with Gasteiger partial charge in [0.1, 0.15) is 6.61 Å². The fourth-order valence-electron chi connectivity index (χ4n) is 1.17. The number of alkyl carbamates (subject to hydrolysis) is 1. The van der Waals surface area contributed by atoms with Gasteiger partial charge in [0.15, 0.2) is 0 Å². The predicted octanol–water partition coefficient (Wildman–Crippen LogP) is 1.44. The van der Waals surface area contributed by atoms with Gasteiger partial charge in [-0.3, -0.25) is 4.18 Å². The lowest BCUT2D eigenvalue weighted by atomic mass is 10.2. The first kappa shape index (κ1) is 16.9. The van der Waals surface area contributed by atoms with Crippen molar-refractivity contribution >= 4 is 16.2 Å². The van der Waals surface area contributed by atoms with E-state index < -0.39 is 16.2 Å². The van der Waals surface area contributed by atoms with Gasteiger partial charge in [-0.05, 0) is 12.8 Å². The molecule has 0 atom stereocenters. The molecule has 0 aromatic heterocycles. The first-order valence-corrected chi connectivity index (χ1v) is 7.63. The van der Waals surface area contributed by atoms with Crippen molar-refractivity contribution in [2.75, 3.05) is 26.0 Å². The molecule has 0 unspecified atom stereocenters. The molecule has 106 valence electrons. The summed E-state index contributed by atoms with van der Waals surface area (Å²) in [5.41, 5.74) is 0. The molecule has 0 bridgehead atoms. The van der Waals surface area contributed by atoms with E-state index in [1.807, 2.05) is 0 Å². The minimum Gasteiger partial charge on any atom is -0.445 e. The number of amides is 1. The quantitative estimate of drug-likeness (QED) is 0.372. The Morgan fingerprint density at radius 3 is 2.56 bits per heavy atom. The molecule has 0 aliphatic carbocycles. The Hall–Kier alpha value is -1.08. The molecule has 0 aromatic rings. The Morgan fingerprint density at radius 1 is 1.28 bits per heavy atom. The average molecular weight is 279 g/mol. The van der Waals surface area contributed by atoms with Crippen molar-refractivity contribution < 1.29 is 22.1 Å². The first-order valence-electron chi connectivity index (χ1n) is 5.81. The van der Waals surface area contributed by atoms with Crippen molar-refractivity contribution in [3.63, 3.8) is 0 Å². The topological polar surface area (TPSA) is 81.7 Å². The molecule has 0 spiro atoms. The molecule has 0 heterocycles. The van der Waals surface area contributed by atoms with Gasteiger partial charge in [0.2, 0.25) is 0 Å². The molecule has 0 saturated heterocycles. The highest BCUT2D eigenvalue weighted by Crippen LogP contribution is 2.00. The minimum absolute atomic E-state index is 0.203. The predicted molar refractivity (Wildman–Crippen MR) is 68.8 cm³/mol. The van der Waals surface area contributed by atoms with Crippen LogP contribution in [0.15, 0.2) is 12.7 Å². The molecule has 0 rings (SSSR count). The van der Waals surface area contributed by atoms with Gasteiger partial charge in [0.25, 0.3) is 10.1 Å². The molecule has 7 heteroatoms. The smallest absolute Gasteiger partial charge is 0.407 e. The van der Waals surface area contributed by atoms with Crippen molar-refractivity contribution in [3.05, 3.63) is 12.7 Å². The van der Waals surface area contributed by atoms with E-state index in [-0.39, 0.29) is 13.2 Å². The third-order valence-corrected chi connectivity index (χ3v) is 2.56. The molecule has 0 aliphatic heterocycles. The zero-order valence-corrected chi connectivity index (χ0v) is 11.5. The highest BCUT2D eigenvalue weighted by atomic mass is 32.2. The van der Waals surface area contributed by atoms with Crippen LogP contribution in [0.2, 0.25) is 0 Å². The summed E-state index contributed by atoms with van der Waals surface area (Å²) in [5, 5.41) is 2.60. The fourth-order valence-corrected chi connectivity index (χ4v) is 1.59. The molecule has 0 aliphatic rings. The number of carbonyl (C=O) groups excluding carboxylic acids is 1. The minimum atomic E-state index is -3.32. The summed E-state index contributed by atoms with van der Waals surface area (Å²) in [6, 6.07) is 0. The Balaban J connectivity index is 3.26. The molecule has 1 N–H and O–H groups in total. The number of nitrogens with one attached hydrogen (secondary N) is 1. The molecule has 1 amide bonds. The molecule has 0 radical (unpaired) electrons. The largest absolute Gasteiger partial charge is 0.445 e. The van der Waals surface area contributed by atoms with Crippen molar-refractivity contribution in [1.82, 2.24) is 5.32 Å². The second-order valence-corrected chi connectivity index (χ2v) is 5.40. The summed E-state index contributed by atoms with van der Waals surface area (Å²) in [7, 11) is -3.32. The Bertz CT molecular complexity index is 339. The number of unbranched alkanes of at least 4 members (excludes halogenated alkanes) is 3. The lowest BCUT2D eigenvalue weighted by Crippen LogP contribution is -2.25. The van der Waals surface area contributed by atoms with Crippen LogP contribution in [-0.4, -0.2) is 40.5 Å². The Labute approximate surface area is 108 Å². The van der Waals surface area contributed by atoms with Gasteiger partial charge >= 0.3 is 6.09 Å². The molecular weight excluding hydrogens is 258 g/mol. The highest BCUT2D eigenvalue weighted by molar-refractivity contribution is 7.85. The van der Waals surface area contributed by atoms with Gasteiger partial charge in [-0.1, -0.05) is 25.5 Å². The van der Waals surface area contributed by atoms with Gasteiger partial charge in [0.05, 0.1) is 12.9 Å². The number of hydrogen-bond donors (Lipinski definition) is 1. The fraction of sp³-hybridized carbons (Fsp3) is 0.727. The van der Waals surface area contributed by atoms with Crippen molar-refractivity contribution in [1.29, 1.82) is 0 Å². The summed E-state index contributed by atoms with van der Waals surface area (Å²) in [6.07, 6.45) is 5.35. The normalized spacial score (nSPS) is 10.9. The third-order valence-electron chi connectivity index (χ3n) is 1.97. The van der Waals surface area contributed by atoms with Crippen molar-refractivity contribution in [2.45, 2.75) is 25.7 Å².